The molecule has 1 fully saturated rings. The molecule has 18 heavy (non-hydrogen) atoms. The number of piperidine rings is 1. The minimum atomic E-state index is -0.201. The Labute approximate surface area is 107 Å². The molecule has 1 aromatic carbocycles. The summed E-state index contributed by atoms with van der Waals surface area (Å²) in [6.45, 7) is 4.49. The van der Waals surface area contributed by atoms with Gasteiger partial charge in [0.15, 0.2) is 0 Å². The van der Waals surface area contributed by atoms with Crippen molar-refractivity contribution in [3.05, 3.63) is 29.8 Å². The van der Waals surface area contributed by atoms with E-state index >= 15 is 0 Å². The van der Waals surface area contributed by atoms with Gasteiger partial charge in [0.2, 0.25) is 0 Å². The second-order valence-electron chi connectivity index (χ2n) is 5.09. The van der Waals surface area contributed by atoms with Gasteiger partial charge in [0.05, 0.1) is 5.69 Å². The van der Waals surface area contributed by atoms with Crippen molar-refractivity contribution >= 4 is 11.8 Å². The first-order valence-electron chi connectivity index (χ1n) is 6.52. The van der Waals surface area contributed by atoms with Crippen molar-refractivity contribution < 1.29 is 9.53 Å². The maximum atomic E-state index is 12.1. The van der Waals surface area contributed by atoms with Crippen LogP contribution in [0.15, 0.2) is 24.3 Å². The first-order chi connectivity index (χ1) is 8.77. The summed E-state index contributed by atoms with van der Waals surface area (Å²) in [5.74, 6) is 0.442. The molecule has 0 spiro atoms. The average Bonchev–Trinajstić information content (AvgIpc) is 2.40. The quantitative estimate of drug-likeness (QED) is 0.825. The molecular weight excluding hydrogens is 228 g/mol. The summed E-state index contributed by atoms with van der Waals surface area (Å²) in [7, 11) is 0. The lowest BCUT2D eigenvalue weighted by molar-refractivity contribution is 0.134. The molecular formula is C14H18N2O2. The summed E-state index contributed by atoms with van der Waals surface area (Å²) in [5.41, 5.74) is 2.12. The van der Waals surface area contributed by atoms with E-state index in [1.165, 1.54) is 0 Å². The van der Waals surface area contributed by atoms with Crippen LogP contribution in [-0.4, -0.2) is 25.2 Å². The minimum absolute atomic E-state index is 0.201. The van der Waals surface area contributed by atoms with Gasteiger partial charge in [-0.3, -0.25) is 4.90 Å². The number of para-hydroxylation sites is 1. The maximum Gasteiger partial charge on any atom is 0.414 e. The van der Waals surface area contributed by atoms with E-state index in [0.717, 1.165) is 30.8 Å². The Morgan fingerprint density at radius 3 is 3.06 bits per heavy atom. The highest BCUT2D eigenvalue weighted by molar-refractivity contribution is 5.91. The molecule has 0 bridgehead atoms. The minimum Gasteiger partial charge on any atom is -0.444 e. The lowest BCUT2D eigenvalue weighted by atomic mass is 9.92. The summed E-state index contributed by atoms with van der Waals surface area (Å²) in [6, 6.07) is 8.25. The molecule has 1 amide bonds. The van der Waals surface area contributed by atoms with E-state index in [4.69, 9.17) is 4.74 Å². The Morgan fingerprint density at radius 1 is 1.39 bits per heavy atom. The third-order valence-electron chi connectivity index (χ3n) is 3.87. The summed E-state index contributed by atoms with van der Waals surface area (Å²) in [5, 5.41) is 3.36. The Balaban J connectivity index is 1.97. The molecule has 1 saturated heterocycles. The van der Waals surface area contributed by atoms with E-state index in [0.29, 0.717) is 12.5 Å². The molecule has 1 aromatic rings. The highest BCUT2D eigenvalue weighted by atomic mass is 16.6. The number of ether oxygens (including phenoxy) is 1. The Morgan fingerprint density at radius 2 is 2.22 bits per heavy atom. The number of benzene rings is 1. The van der Waals surface area contributed by atoms with Gasteiger partial charge >= 0.3 is 6.09 Å². The Hall–Kier alpha value is -1.55. The molecule has 0 aliphatic carbocycles. The number of carbonyl (C=O) groups excluding carboxylic acids is 1. The van der Waals surface area contributed by atoms with Crippen LogP contribution >= 0.6 is 0 Å². The van der Waals surface area contributed by atoms with Crippen LogP contribution in [0.25, 0.3) is 0 Å². The van der Waals surface area contributed by atoms with Crippen LogP contribution in [0.2, 0.25) is 0 Å². The lowest BCUT2D eigenvalue weighted by Gasteiger charge is -2.40. The summed E-state index contributed by atoms with van der Waals surface area (Å²) in [4.78, 5) is 13.9. The molecule has 0 saturated carbocycles. The first-order valence-corrected chi connectivity index (χ1v) is 6.52. The molecule has 3 rings (SSSR count). The van der Waals surface area contributed by atoms with Crippen molar-refractivity contribution in [3.63, 3.8) is 0 Å². The van der Waals surface area contributed by atoms with Crippen molar-refractivity contribution in [1.29, 1.82) is 0 Å². The van der Waals surface area contributed by atoms with Gasteiger partial charge in [-0.2, -0.15) is 0 Å². The molecule has 1 N–H and O–H groups in total. The van der Waals surface area contributed by atoms with Crippen LogP contribution in [0.3, 0.4) is 0 Å². The van der Waals surface area contributed by atoms with Crippen molar-refractivity contribution in [2.75, 3.05) is 18.0 Å². The SMILES string of the molecule is CC1CNCCC1N1C(=O)OCc2ccccc21. The molecule has 4 nitrogen and oxygen atoms in total. The van der Waals surface area contributed by atoms with Gasteiger partial charge in [0.25, 0.3) is 0 Å². The highest BCUT2D eigenvalue weighted by Crippen LogP contribution is 2.32. The molecule has 2 aliphatic heterocycles. The van der Waals surface area contributed by atoms with Crippen LogP contribution in [-0.2, 0) is 11.3 Å². The highest BCUT2D eigenvalue weighted by Gasteiger charge is 2.35. The van der Waals surface area contributed by atoms with Crippen LogP contribution in [0, 0.1) is 5.92 Å². The number of nitrogens with zero attached hydrogens (tertiary/aromatic N) is 1. The fraction of sp³-hybridized carbons (Fsp3) is 0.500. The van der Waals surface area contributed by atoms with Gasteiger partial charge in [0, 0.05) is 11.6 Å². The Kier molecular flexibility index (Phi) is 2.96. The molecule has 2 aliphatic rings. The third kappa shape index (κ3) is 1.86. The number of cyclic esters (lactones) is 1. The molecule has 0 aromatic heterocycles. The molecule has 96 valence electrons. The van der Waals surface area contributed by atoms with Gasteiger partial charge in [-0.1, -0.05) is 25.1 Å². The third-order valence-corrected chi connectivity index (χ3v) is 3.87. The van der Waals surface area contributed by atoms with Crippen molar-refractivity contribution in [2.24, 2.45) is 5.92 Å². The standard InChI is InChI=1S/C14H18N2O2/c1-10-8-15-7-6-12(10)16-13-5-3-2-4-11(13)9-18-14(16)17/h2-5,10,12,15H,6-9H2,1H3. The summed E-state index contributed by atoms with van der Waals surface area (Å²) in [6.07, 6.45) is 0.775. The molecule has 2 atom stereocenters. The monoisotopic (exact) mass is 246 g/mol. The van der Waals surface area contributed by atoms with E-state index in [1.54, 1.807) is 0 Å². The fourth-order valence-electron chi connectivity index (χ4n) is 2.87. The van der Waals surface area contributed by atoms with E-state index < -0.39 is 0 Å². The number of nitrogens with one attached hydrogen (secondary N) is 1. The van der Waals surface area contributed by atoms with Crippen molar-refractivity contribution in [1.82, 2.24) is 5.32 Å². The topological polar surface area (TPSA) is 41.6 Å². The number of anilines is 1. The van der Waals surface area contributed by atoms with Gasteiger partial charge in [-0.25, -0.2) is 4.79 Å². The smallest absolute Gasteiger partial charge is 0.414 e. The van der Waals surface area contributed by atoms with Crippen LogP contribution < -0.4 is 10.2 Å². The normalized spacial score (nSPS) is 27.6. The summed E-state index contributed by atoms with van der Waals surface area (Å²) < 4.78 is 5.29. The number of fused-ring (bicyclic) bond motifs is 1. The van der Waals surface area contributed by atoms with E-state index in [1.807, 2.05) is 29.2 Å². The zero-order chi connectivity index (χ0) is 12.5. The van der Waals surface area contributed by atoms with Gasteiger partial charge in [-0.05, 0) is 31.5 Å². The second-order valence-corrected chi connectivity index (χ2v) is 5.09. The molecule has 4 heteroatoms. The van der Waals surface area contributed by atoms with Gasteiger partial charge < -0.3 is 10.1 Å². The molecule has 0 radical (unpaired) electrons. The number of hydrogen-bond acceptors (Lipinski definition) is 3. The number of amides is 1. The average molecular weight is 246 g/mol. The lowest BCUT2D eigenvalue weighted by Crippen LogP contribution is -2.52. The van der Waals surface area contributed by atoms with Crippen molar-refractivity contribution in [2.45, 2.75) is 26.0 Å². The van der Waals surface area contributed by atoms with Crippen LogP contribution in [0.1, 0.15) is 18.9 Å². The second kappa shape index (κ2) is 4.61. The Bertz CT molecular complexity index is 461. The zero-order valence-electron chi connectivity index (χ0n) is 10.6. The van der Waals surface area contributed by atoms with Gasteiger partial charge in [0.1, 0.15) is 6.61 Å². The number of hydrogen-bond donors (Lipinski definition) is 1. The molecule has 2 heterocycles. The predicted octanol–water partition coefficient (Wildman–Crippen LogP) is 2.14. The zero-order valence-corrected chi connectivity index (χ0v) is 10.6. The number of carbonyl (C=O) groups is 1. The summed E-state index contributed by atoms with van der Waals surface area (Å²) >= 11 is 0. The predicted molar refractivity (Wildman–Crippen MR) is 69.5 cm³/mol. The van der Waals surface area contributed by atoms with Crippen molar-refractivity contribution in [3.8, 4) is 0 Å². The van der Waals surface area contributed by atoms with Crippen LogP contribution in [0.4, 0.5) is 10.5 Å². The van der Waals surface area contributed by atoms with E-state index in [9.17, 15) is 4.79 Å². The van der Waals surface area contributed by atoms with E-state index in [-0.39, 0.29) is 12.1 Å². The largest absolute Gasteiger partial charge is 0.444 e. The van der Waals surface area contributed by atoms with Gasteiger partial charge in [-0.15, -0.1) is 0 Å². The molecule has 2 unspecified atom stereocenters. The van der Waals surface area contributed by atoms with Crippen LogP contribution in [0.5, 0.6) is 0 Å². The maximum absolute atomic E-state index is 12.1. The first kappa shape index (κ1) is 11.5. The van der Waals surface area contributed by atoms with E-state index in [2.05, 4.69) is 12.2 Å². The number of rotatable bonds is 1. The fourth-order valence-corrected chi connectivity index (χ4v) is 2.87.